The fourth-order valence-electron chi connectivity index (χ4n) is 2.83. The summed E-state index contributed by atoms with van der Waals surface area (Å²) in [7, 11) is 0. The first kappa shape index (κ1) is 19.2. The number of hydrogen-bond acceptors (Lipinski definition) is 7. The number of carbonyl (C=O) groups is 2. The van der Waals surface area contributed by atoms with Gasteiger partial charge in [-0.1, -0.05) is 25.1 Å². The van der Waals surface area contributed by atoms with E-state index in [0.29, 0.717) is 12.2 Å². The van der Waals surface area contributed by atoms with Crippen molar-refractivity contribution in [2.24, 2.45) is 0 Å². The molecule has 0 spiro atoms. The Morgan fingerprint density at radius 3 is 2.79 bits per heavy atom. The number of fused-ring (bicyclic) bond motifs is 1. The Morgan fingerprint density at radius 1 is 1.29 bits per heavy atom. The number of aromatic amines is 1. The molecule has 0 saturated heterocycles. The predicted octanol–water partition coefficient (Wildman–Crippen LogP) is 0.731. The maximum atomic E-state index is 12.4. The summed E-state index contributed by atoms with van der Waals surface area (Å²) in [5.41, 5.74) is 4.78. The third-order valence-electron chi connectivity index (χ3n) is 4.19. The van der Waals surface area contributed by atoms with Crippen molar-refractivity contribution in [1.82, 2.24) is 9.55 Å². The fourth-order valence-corrected chi connectivity index (χ4v) is 2.83. The lowest BCUT2D eigenvalue weighted by molar-refractivity contribution is -0.138. The van der Waals surface area contributed by atoms with Crippen LogP contribution in [0.2, 0.25) is 0 Å². The maximum absolute atomic E-state index is 12.4. The zero-order valence-electron chi connectivity index (χ0n) is 15.2. The molecule has 0 bridgehead atoms. The first-order chi connectivity index (χ1) is 13.4. The molecule has 0 radical (unpaired) electrons. The number of rotatable bonds is 6. The third-order valence-corrected chi connectivity index (χ3v) is 4.19. The van der Waals surface area contributed by atoms with Crippen LogP contribution in [0.15, 0.2) is 39.4 Å². The Kier molecular flexibility index (Phi) is 5.44. The van der Waals surface area contributed by atoms with E-state index < -0.39 is 35.2 Å². The van der Waals surface area contributed by atoms with Crippen molar-refractivity contribution in [3.63, 3.8) is 0 Å². The summed E-state index contributed by atoms with van der Waals surface area (Å²) in [5, 5.41) is 0. The third kappa shape index (κ3) is 3.73. The van der Waals surface area contributed by atoms with Gasteiger partial charge >= 0.3 is 11.7 Å². The number of anilines is 1. The van der Waals surface area contributed by atoms with Crippen molar-refractivity contribution in [1.29, 1.82) is 0 Å². The zero-order chi connectivity index (χ0) is 20.3. The molecule has 1 aromatic carbocycles. The second-order valence-electron chi connectivity index (χ2n) is 6.17. The van der Waals surface area contributed by atoms with E-state index in [2.05, 4.69) is 4.98 Å². The van der Waals surface area contributed by atoms with E-state index in [4.69, 9.17) is 15.2 Å². The van der Waals surface area contributed by atoms with Gasteiger partial charge in [-0.3, -0.25) is 19.1 Å². The number of benzene rings is 1. The van der Waals surface area contributed by atoms with Gasteiger partial charge in [0.05, 0.1) is 5.57 Å². The number of para-hydroxylation sites is 1. The quantitative estimate of drug-likeness (QED) is 0.553. The van der Waals surface area contributed by atoms with Crippen LogP contribution in [0.4, 0.5) is 5.82 Å². The molecule has 2 heterocycles. The van der Waals surface area contributed by atoms with Gasteiger partial charge in [-0.25, -0.2) is 9.59 Å². The lowest BCUT2D eigenvalue weighted by Gasteiger charge is -2.17. The summed E-state index contributed by atoms with van der Waals surface area (Å²) in [6, 6.07) is 7.17. The monoisotopic (exact) mass is 385 g/mol. The molecule has 0 fully saturated rings. The molecule has 0 atom stereocenters. The molecular weight excluding hydrogens is 366 g/mol. The van der Waals surface area contributed by atoms with Crippen molar-refractivity contribution in [2.75, 3.05) is 18.9 Å². The molecule has 0 unspecified atom stereocenters. The van der Waals surface area contributed by atoms with Crippen LogP contribution in [0.5, 0.6) is 5.75 Å². The van der Waals surface area contributed by atoms with Crippen LogP contribution in [0.3, 0.4) is 0 Å². The van der Waals surface area contributed by atoms with E-state index in [9.17, 15) is 19.2 Å². The number of nitrogens with two attached hydrogens (primary N) is 1. The first-order valence-corrected chi connectivity index (χ1v) is 8.67. The van der Waals surface area contributed by atoms with Crippen LogP contribution < -0.4 is 21.7 Å². The van der Waals surface area contributed by atoms with Crippen LogP contribution in [0, 0.1) is 0 Å². The smallest absolute Gasteiger partial charge is 0.337 e. The number of nitrogens with zero attached hydrogens (tertiary/aromatic N) is 1. The van der Waals surface area contributed by atoms with E-state index in [1.165, 1.54) is 0 Å². The summed E-state index contributed by atoms with van der Waals surface area (Å²) in [5.74, 6) is -1.13. The molecular formula is C19H19N3O6. The summed E-state index contributed by atoms with van der Waals surface area (Å²) >= 11 is 0. The van der Waals surface area contributed by atoms with E-state index in [-0.39, 0.29) is 24.5 Å². The highest BCUT2D eigenvalue weighted by atomic mass is 16.5. The molecule has 3 N–H and O–H groups in total. The number of ether oxygens (including phenoxy) is 2. The highest BCUT2D eigenvalue weighted by Crippen LogP contribution is 2.26. The Labute approximate surface area is 159 Å². The van der Waals surface area contributed by atoms with E-state index in [1.54, 1.807) is 24.3 Å². The number of nitrogen functional groups attached to an aromatic ring is 1. The molecule has 0 aliphatic carbocycles. The van der Waals surface area contributed by atoms with Crippen LogP contribution in [0.1, 0.15) is 29.3 Å². The minimum Gasteiger partial charge on any atom is -0.488 e. The van der Waals surface area contributed by atoms with Crippen molar-refractivity contribution in [2.45, 2.75) is 19.9 Å². The summed E-state index contributed by atoms with van der Waals surface area (Å²) in [4.78, 5) is 50.5. The Balaban J connectivity index is 1.76. The SMILES string of the molecule is CCCn1c(N)c(C(=O)COC(=O)C2=Cc3ccccc3OC2)c(=O)[nH]c1=O. The molecule has 9 heteroatoms. The number of aromatic nitrogens is 2. The molecule has 1 aliphatic rings. The minimum absolute atomic E-state index is 0.00807. The second-order valence-corrected chi connectivity index (χ2v) is 6.17. The van der Waals surface area contributed by atoms with Gasteiger partial charge in [-0.2, -0.15) is 0 Å². The van der Waals surface area contributed by atoms with Gasteiger partial charge in [0.1, 0.15) is 23.7 Å². The maximum Gasteiger partial charge on any atom is 0.337 e. The molecule has 28 heavy (non-hydrogen) atoms. The van der Waals surface area contributed by atoms with Gasteiger partial charge in [0.25, 0.3) is 5.56 Å². The van der Waals surface area contributed by atoms with Crippen molar-refractivity contribution in [3.8, 4) is 5.75 Å². The summed E-state index contributed by atoms with van der Waals surface area (Å²) in [6.07, 6.45) is 2.20. The number of nitrogens with one attached hydrogen (secondary N) is 1. The predicted molar refractivity (Wildman–Crippen MR) is 101 cm³/mol. The number of hydrogen-bond donors (Lipinski definition) is 2. The van der Waals surface area contributed by atoms with Gasteiger partial charge in [-0.15, -0.1) is 0 Å². The molecule has 1 aliphatic heterocycles. The Morgan fingerprint density at radius 2 is 2.04 bits per heavy atom. The molecule has 1 aromatic heterocycles. The van der Waals surface area contributed by atoms with Crippen LogP contribution in [-0.2, 0) is 16.1 Å². The summed E-state index contributed by atoms with van der Waals surface area (Å²) < 4.78 is 11.6. The first-order valence-electron chi connectivity index (χ1n) is 8.67. The topological polar surface area (TPSA) is 133 Å². The second kappa shape index (κ2) is 7.95. The van der Waals surface area contributed by atoms with E-state index in [1.807, 2.05) is 13.0 Å². The highest BCUT2D eigenvalue weighted by molar-refractivity contribution is 6.02. The number of ketones is 1. The number of H-pyrrole nitrogens is 1. The lowest BCUT2D eigenvalue weighted by atomic mass is 10.1. The van der Waals surface area contributed by atoms with Gasteiger partial charge in [0.15, 0.2) is 6.61 Å². The fraction of sp³-hybridized carbons (Fsp3) is 0.263. The largest absolute Gasteiger partial charge is 0.488 e. The number of esters is 1. The Bertz CT molecular complexity index is 1080. The highest BCUT2D eigenvalue weighted by Gasteiger charge is 2.23. The Hall–Kier alpha value is -3.62. The van der Waals surface area contributed by atoms with E-state index in [0.717, 1.165) is 10.1 Å². The molecule has 0 amide bonds. The van der Waals surface area contributed by atoms with Crippen molar-refractivity contribution < 1.29 is 19.1 Å². The van der Waals surface area contributed by atoms with Crippen molar-refractivity contribution >= 4 is 23.6 Å². The average molecular weight is 385 g/mol. The average Bonchev–Trinajstić information content (AvgIpc) is 2.68. The van der Waals surface area contributed by atoms with Gasteiger partial charge in [-0.05, 0) is 18.6 Å². The number of Topliss-reactive ketones (excluding diaryl/α,β-unsaturated/α-hetero) is 1. The summed E-state index contributed by atoms with van der Waals surface area (Å²) in [6.45, 7) is 1.38. The molecule has 9 nitrogen and oxygen atoms in total. The molecule has 146 valence electrons. The molecule has 0 saturated carbocycles. The van der Waals surface area contributed by atoms with Gasteiger partial charge in [0.2, 0.25) is 5.78 Å². The van der Waals surface area contributed by atoms with Crippen LogP contribution in [0.25, 0.3) is 6.08 Å². The molecule has 3 rings (SSSR count). The normalized spacial score (nSPS) is 12.5. The van der Waals surface area contributed by atoms with Crippen molar-refractivity contribution in [3.05, 3.63) is 61.8 Å². The zero-order valence-corrected chi connectivity index (χ0v) is 15.2. The van der Waals surface area contributed by atoms with Crippen LogP contribution in [-0.4, -0.2) is 34.5 Å². The van der Waals surface area contributed by atoms with Gasteiger partial charge in [0, 0.05) is 12.1 Å². The van der Waals surface area contributed by atoms with Gasteiger partial charge < -0.3 is 15.2 Å². The van der Waals surface area contributed by atoms with E-state index >= 15 is 0 Å². The molecule has 2 aromatic rings. The standard InChI is InChI=1S/C19H19N3O6/c1-2-7-22-16(20)15(17(24)21-19(22)26)13(23)10-28-18(25)12-8-11-5-3-4-6-14(11)27-9-12/h3-6,8H,2,7,9-10,20H2,1H3,(H,21,24,26). The minimum atomic E-state index is -0.912. The number of carbonyl (C=O) groups excluding carboxylic acids is 2. The lowest BCUT2D eigenvalue weighted by Crippen LogP contribution is -2.37. The van der Waals surface area contributed by atoms with Crippen LogP contribution >= 0.6 is 0 Å².